The molecule has 1 aliphatic rings. The lowest BCUT2D eigenvalue weighted by molar-refractivity contribution is 0.620. The van der Waals surface area contributed by atoms with Crippen LogP contribution in [0.3, 0.4) is 0 Å². The molecular formula is C10H17N5S. The molecule has 1 aliphatic heterocycles. The van der Waals surface area contributed by atoms with Gasteiger partial charge in [0, 0.05) is 29.7 Å². The van der Waals surface area contributed by atoms with Gasteiger partial charge in [0.15, 0.2) is 0 Å². The van der Waals surface area contributed by atoms with E-state index in [4.69, 9.17) is 5.84 Å². The van der Waals surface area contributed by atoms with Crippen molar-refractivity contribution in [2.75, 3.05) is 22.6 Å². The fourth-order valence-electron chi connectivity index (χ4n) is 1.84. The number of nitrogens with two attached hydrogens (primary N) is 1. The number of thioether (sulfide) groups is 1. The third kappa shape index (κ3) is 2.22. The highest BCUT2D eigenvalue weighted by atomic mass is 32.2. The Morgan fingerprint density at radius 2 is 2.31 bits per heavy atom. The third-order valence-corrected chi connectivity index (χ3v) is 4.32. The highest BCUT2D eigenvalue weighted by Crippen LogP contribution is 2.28. The van der Waals surface area contributed by atoms with Crippen LogP contribution in [0.4, 0.5) is 11.6 Å². The van der Waals surface area contributed by atoms with E-state index in [9.17, 15) is 0 Å². The van der Waals surface area contributed by atoms with Crippen molar-refractivity contribution >= 4 is 23.4 Å². The van der Waals surface area contributed by atoms with Gasteiger partial charge in [0.1, 0.15) is 18.0 Å². The van der Waals surface area contributed by atoms with Crippen LogP contribution in [0.5, 0.6) is 0 Å². The number of rotatable bonds is 2. The van der Waals surface area contributed by atoms with Crippen LogP contribution < -0.4 is 16.2 Å². The van der Waals surface area contributed by atoms with Crippen molar-refractivity contribution in [3.05, 3.63) is 12.4 Å². The van der Waals surface area contributed by atoms with Gasteiger partial charge in [-0.2, -0.15) is 11.8 Å². The van der Waals surface area contributed by atoms with Gasteiger partial charge in [-0.3, -0.25) is 0 Å². The van der Waals surface area contributed by atoms with Crippen molar-refractivity contribution in [2.45, 2.75) is 25.1 Å². The summed E-state index contributed by atoms with van der Waals surface area (Å²) in [5.74, 6) is 8.09. The largest absolute Gasteiger partial charge is 0.352 e. The molecule has 0 aromatic carbocycles. The minimum atomic E-state index is 0.485. The van der Waals surface area contributed by atoms with E-state index in [1.54, 1.807) is 6.33 Å². The predicted octanol–water partition coefficient (Wildman–Crippen LogP) is 1.09. The molecule has 2 atom stereocenters. The minimum Gasteiger partial charge on any atom is -0.352 e. The van der Waals surface area contributed by atoms with Crippen molar-refractivity contribution in [1.29, 1.82) is 0 Å². The Labute approximate surface area is 99.8 Å². The summed E-state index contributed by atoms with van der Waals surface area (Å²) >= 11 is 2.01. The monoisotopic (exact) mass is 239 g/mol. The maximum absolute atomic E-state index is 5.35. The fraction of sp³-hybridized carbons (Fsp3) is 0.600. The number of hydrogen-bond acceptors (Lipinski definition) is 6. The van der Waals surface area contributed by atoms with E-state index in [0.717, 1.165) is 18.1 Å². The summed E-state index contributed by atoms with van der Waals surface area (Å²) in [6.45, 7) is 5.51. The van der Waals surface area contributed by atoms with Crippen LogP contribution in [-0.4, -0.2) is 33.6 Å². The second-order valence-corrected chi connectivity index (χ2v) is 5.40. The lowest BCUT2D eigenvalue weighted by atomic mass is 10.2. The Morgan fingerprint density at radius 1 is 1.50 bits per heavy atom. The maximum Gasteiger partial charge on any atom is 0.145 e. The first-order valence-corrected chi connectivity index (χ1v) is 6.44. The molecule has 0 bridgehead atoms. The average Bonchev–Trinajstić information content (AvgIpc) is 2.33. The first-order valence-electron chi connectivity index (χ1n) is 5.39. The van der Waals surface area contributed by atoms with Crippen molar-refractivity contribution in [2.24, 2.45) is 5.84 Å². The molecule has 1 saturated heterocycles. The lowest BCUT2D eigenvalue weighted by Gasteiger charge is -2.38. The van der Waals surface area contributed by atoms with Gasteiger partial charge < -0.3 is 10.3 Å². The smallest absolute Gasteiger partial charge is 0.145 e. The van der Waals surface area contributed by atoms with Crippen LogP contribution in [0.25, 0.3) is 0 Å². The second-order valence-electron chi connectivity index (χ2n) is 3.92. The van der Waals surface area contributed by atoms with Gasteiger partial charge in [-0.05, 0) is 6.92 Å². The lowest BCUT2D eigenvalue weighted by Crippen LogP contribution is -2.45. The van der Waals surface area contributed by atoms with Crippen LogP contribution >= 0.6 is 11.8 Å². The molecule has 88 valence electrons. The normalized spacial score (nSPS) is 25.6. The van der Waals surface area contributed by atoms with E-state index >= 15 is 0 Å². The van der Waals surface area contributed by atoms with Crippen molar-refractivity contribution in [3.8, 4) is 0 Å². The summed E-state index contributed by atoms with van der Waals surface area (Å²) in [7, 11) is 0. The van der Waals surface area contributed by atoms with Gasteiger partial charge in [0.05, 0.1) is 0 Å². The van der Waals surface area contributed by atoms with Crippen LogP contribution in [0, 0.1) is 0 Å². The van der Waals surface area contributed by atoms with Gasteiger partial charge >= 0.3 is 0 Å². The summed E-state index contributed by atoms with van der Waals surface area (Å²) in [5.41, 5.74) is 2.55. The number of hydrogen-bond donors (Lipinski definition) is 2. The quantitative estimate of drug-likeness (QED) is 0.595. The van der Waals surface area contributed by atoms with E-state index in [2.05, 4.69) is 34.1 Å². The fourth-order valence-corrected chi connectivity index (χ4v) is 2.94. The Balaban J connectivity index is 2.21. The van der Waals surface area contributed by atoms with E-state index < -0.39 is 0 Å². The maximum atomic E-state index is 5.35. The Hall–Kier alpha value is -1.01. The molecule has 0 radical (unpaired) electrons. The van der Waals surface area contributed by atoms with Gasteiger partial charge in [-0.1, -0.05) is 6.92 Å². The van der Waals surface area contributed by atoms with Crippen LogP contribution in [0.15, 0.2) is 12.4 Å². The molecule has 1 fully saturated rings. The molecule has 3 N–H and O–H groups in total. The van der Waals surface area contributed by atoms with Gasteiger partial charge in [0.25, 0.3) is 0 Å². The highest BCUT2D eigenvalue weighted by Gasteiger charge is 2.26. The first kappa shape index (κ1) is 11.5. The van der Waals surface area contributed by atoms with Gasteiger partial charge in [-0.25, -0.2) is 15.8 Å². The van der Waals surface area contributed by atoms with Crippen LogP contribution in [0.2, 0.25) is 0 Å². The highest BCUT2D eigenvalue weighted by molar-refractivity contribution is 8.00. The molecule has 2 unspecified atom stereocenters. The Kier molecular flexibility index (Phi) is 3.50. The standard InChI is InChI=1S/C10H17N5S/c1-7-8(2)16-4-3-15(7)10-5-9(14-11)12-6-13-10/h5-8H,3-4,11H2,1-2H3,(H,12,13,14). The molecule has 1 aromatic rings. The summed E-state index contributed by atoms with van der Waals surface area (Å²) in [5, 5.41) is 0.623. The third-order valence-electron chi connectivity index (χ3n) is 2.98. The van der Waals surface area contributed by atoms with Crippen molar-refractivity contribution in [1.82, 2.24) is 9.97 Å². The average molecular weight is 239 g/mol. The number of nitrogen functional groups attached to an aromatic ring is 1. The summed E-state index contributed by atoms with van der Waals surface area (Å²) in [6, 6.07) is 2.37. The van der Waals surface area contributed by atoms with E-state index in [0.29, 0.717) is 17.1 Å². The molecule has 0 aliphatic carbocycles. The second kappa shape index (κ2) is 4.88. The molecule has 1 aromatic heterocycles. The molecule has 0 saturated carbocycles. The first-order chi connectivity index (χ1) is 7.72. The molecule has 0 spiro atoms. The van der Waals surface area contributed by atoms with Gasteiger partial charge in [-0.15, -0.1) is 0 Å². The van der Waals surface area contributed by atoms with Crippen molar-refractivity contribution in [3.63, 3.8) is 0 Å². The number of aromatic nitrogens is 2. The molecule has 2 heterocycles. The number of anilines is 2. The Morgan fingerprint density at radius 3 is 3.06 bits per heavy atom. The zero-order valence-corrected chi connectivity index (χ0v) is 10.4. The minimum absolute atomic E-state index is 0.485. The molecule has 0 amide bonds. The summed E-state index contributed by atoms with van der Waals surface area (Å²) in [6.07, 6.45) is 1.55. The number of nitrogens with one attached hydrogen (secondary N) is 1. The van der Waals surface area contributed by atoms with E-state index in [1.165, 1.54) is 0 Å². The zero-order chi connectivity index (χ0) is 11.5. The molecule has 5 nitrogen and oxygen atoms in total. The van der Waals surface area contributed by atoms with Crippen molar-refractivity contribution < 1.29 is 0 Å². The molecule has 2 rings (SSSR count). The van der Waals surface area contributed by atoms with Crippen LogP contribution in [0.1, 0.15) is 13.8 Å². The molecule has 6 heteroatoms. The molecular weight excluding hydrogens is 222 g/mol. The summed E-state index contributed by atoms with van der Waals surface area (Å²) < 4.78 is 0. The topological polar surface area (TPSA) is 67.1 Å². The molecule has 16 heavy (non-hydrogen) atoms. The number of nitrogens with zero attached hydrogens (tertiary/aromatic N) is 3. The van der Waals surface area contributed by atoms with E-state index in [-0.39, 0.29) is 0 Å². The van der Waals surface area contributed by atoms with E-state index in [1.807, 2.05) is 17.8 Å². The zero-order valence-electron chi connectivity index (χ0n) is 9.55. The van der Waals surface area contributed by atoms with Gasteiger partial charge in [0.2, 0.25) is 0 Å². The number of hydrazine groups is 1. The predicted molar refractivity (Wildman–Crippen MR) is 68.6 cm³/mol. The Bertz CT molecular complexity index is 359. The SMILES string of the molecule is CC1SCCN(c2cc(NN)ncn2)C1C. The summed E-state index contributed by atoms with van der Waals surface area (Å²) in [4.78, 5) is 10.6. The van der Waals surface area contributed by atoms with Crippen LogP contribution in [-0.2, 0) is 0 Å².